The van der Waals surface area contributed by atoms with Gasteiger partial charge in [0.25, 0.3) is 5.91 Å². The largest absolute Gasteiger partial charge is 0.496 e. The van der Waals surface area contributed by atoms with Gasteiger partial charge in [-0.15, -0.1) is 0 Å². The zero-order valence-electron chi connectivity index (χ0n) is 14.0. The Labute approximate surface area is 137 Å². The van der Waals surface area contributed by atoms with Gasteiger partial charge in [0.15, 0.2) is 0 Å². The summed E-state index contributed by atoms with van der Waals surface area (Å²) in [6.07, 6.45) is 1.51. The van der Waals surface area contributed by atoms with Crippen LogP contribution in [0.1, 0.15) is 37.0 Å². The summed E-state index contributed by atoms with van der Waals surface area (Å²) < 4.78 is 5.22. The Bertz CT molecular complexity index is 552. The van der Waals surface area contributed by atoms with Crippen molar-refractivity contribution < 1.29 is 14.3 Å². The SMILES string of the molecule is COc1ccccc1C(=O)NC1CCN(C(=O)NC(C)C)CC1. The number of likely N-dealkylation sites (tertiary alicyclic amines) is 1. The number of rotatable bonds is 4. The molecule has 0 spiro atoms. The molecule has 1 aliphatic heterocycles. The molecular formula is C17H25N3O3. The van der Waals surface area contributed by atoms with Gasteiger partial charge in [0.1, 0.15) is 5.75 Å². The Balaban J connectivity index is 1.86. The molecule has 1 aliphatic rings. The Hall–Kier alpha value is -2.24. The summed E-state index contributed by atoms with van der Waals surface area (Å²) in [6.45, 7) is 5.18. The Morgan fingerprint density at radius 3 is 2.48 bits per heavy atom. The lowest BCUT2D eigenvalue weighted by molar-refractivity contribution is 0.0915. The van der Waals surface area contributed by atoms with Crippen molar-refractivity contribution in [2.24, 2.45) is 0 Å². The number of amides is 3. The first-order valence-electron chi connectivity index (χ1n) is 8.00. The molecule has 0 aliphatic carbocycles. The summed E-state index contributed by atoms with van der Waals surface area (Å²) in [4.78, 5) is 26.1. The predicted molar refractivity (Wildman–Crippen MR) is 88.7 cm³/mol. The molecule has 0 bridgehead atoms. The minimum atomic E-state index is -0.132. The van der Waals surface area contributed by atoms with Crippen LogP contribution in [0, 0.1) is 0 Å². The Morgan fingerprint density at radius 1 is 1.22 bits per heavy atom. The van der Waals surface area contributed by atoms with Crippen LogP contribution >= 0.6 is 0 Å². The molecule has 1 heterocycles. The maximum absolute atomic E-state index is 12.4. The zero-order chi connectivity index (χ0) is 16.8. The van der Waals surface area contributed by atoms with Gasteiger partial charge in [0.2, 0.25) is 0 Å². The lowest BCUT2D eigenvalue weighted by atomic mass is 10.0. The van der Waals surface area contributed by atoms with Gasteiger partial charge in [-0.2, -0.15) is 0 Å². The van der Waals surface area contributed by atoms with Crippen LogP contribution in [-0.2, 0) is 0 Å². The standard InChI is InChI=1S/C17H25N3O3/c1-12(2)18-17(22)20-10-8-13(9-11-20)19-16(21)14-6-4-5-7-15(14)23-3/h4-7,12-13H,8-11H2,1-3H3,(H,18,22)(H,19,21). The number of hydrogen-bond donors (Lipinski definition) is 2. The van der Waals surface area contributed by atoms with Crippen LogP contribution in [0.4, 0.5) is 4.79 Å². The van der Waals surface area contributed by atoms with Crippen LogP contribution in [0.25, 0.3) is 0 Å². The number of methoxy groups -OCH3 is 1. The fourth-order valence-corrected chi connectivity index (χ4v) is 2.66. The van der Waals surface area contributed by atoms with Gasteiger partial charge in [0.05, 0.1) is 12.7 Å². The number of nitrogens with one attached hydrogen (secondary N) is 2. The quantitative estimate of drug-likeness (QED) is 0.892. The third-order valence-electron chi connectivity index (χ3n) is 3.88. The number of benzene rings is 1. The molecule has 0 saturated carbocycles. The molecule has 1 saturated heterocycles. The first-order valence-corrected chi connectivity index (χ1v) is 8.00. The topological polar surface area (TPSA) is 70.7 Å². The molecule has 6 nitrogen and oxygen atoms in total. The number of ether oxygens (including phenoxy) is 1. The van der Waals surface area contributed by atoms with E-state index in [2.05, 4.69) is 10.6 Å². The second-order valence-corrected chi connectivity index (χ2v) is 6.04. The smallest absolute Gasteiger partial charge is 0.317 e. The second kappa shape index (κ2) is 7.85. The molecule has 1 aromatic rings. The minimum absolute atomic E-state index is 0.0329. The predicted octanol–water partition coefficient (Wildman–Crippen LogP) is 2.01. The molecule has 3 amide bonds. The van der Waals surface area contributed by atoms with E-state index in [1.807, 2.05) is 26.0 Å². The molecular weight excluding hydrogens is 294 g/mol. The van der Waals surface area contributed by atoms with E-state index >= 15 is 0 Å². The van der Waals surface area contributed by atoms with Gasteiger partial charge in [0, 0.05) is 25.2 Å². The molecule has 6 heteroatoms. The zero-order valence-corrected chi connectivity index (χ0v) is 14.0. The van der Waals surface area contributed by atoms with E-state index in [1.54, 1.807) is 24.1 Å². The molecule has 0 atom stereocenters. The fraction of sp³-hybridized carbons (Fsp3) is 0.529. The van der Waals surface area contributed by atoms with Gasteiger partial charge in [-0.3, -0.25) is 4.79 Å². The fourth-order valence-electron chi connectivity index (χ4n) is 2.66. The van der Waals surface area contributed by atoms with E-state index < -0.39 is 0 Å². The van der Waals surface area contributed by atoms with Gasteiger partial charge < -0.3 is 20.3 Å². The Morgan fingerprint density at radius 2 is 1.87 bits per heavy atom. The number of hydrogen-bond acceptors (Lipinski definition) is 3. The summed E-state index contributed by atoms with van der Waals surface area (Å²) in [7, 11) is 1.55. The van der Waals surface area contributed by atoms with Crippen molar-refractivity contribution in [1.29, 1.82) is 0 Å². The second-order valence-electron chi connectivity index (χ2n) is 6.04. The van der Waals surface area contributed by atoms with Crippen LogP contribution in [-0.4, -0.2) is 49.1 Å². The Kier molecular flexibility index (Phi) is 5.84. The van der Waals surface area contributed by atoms with Crippen molar-refractivity contribution in [1.82, 2.24) is 15.5 Å². The van der Waals surface area contributed by atoms with E-state index in [0.717, 1.165) is 12.8 Å². The van der Waals surface area contributed by atoms with Gasteiger partial charge in [-0.05, 0) is 38.8 Å². The van der Waals surface area contributed by atoms with Gasteiger partial charge in [-0.25, -0.2) is 4.79 Å². The summed E-state index contributed by atoms with van der Waals surface area (Å²) >= 11 is 0. The first kappa shape index (κ1) is 17.1. The van der Waals surface area contributed by atoms with Crippen LogP contribution < -0.4 is 15.4 Å². The molecule has 2 rings (SSSR count). The number of carbonyl (C=O) groups is 2. The normalized spacial score (nSPS) is 15.4. The van der Waals surface area contributed by atoms with Gasteiger partial charge >= 0.3 is 6.03 Å². The molecule has 0 aromatic heterocycles. The average Bonchev–Trinajstić information content (AvgIpc) is 2.54. The monoisotopic (exact) mass is 319 g/mol. The highest BCUT2D eigenvalue weighted by Crippen LogP contribution is 2.18. The van der Waals surface area contributed by atoms with E-state index in [9.17, 15) is 9.59 Å². The van der Waals surface area contributed by atoms with E-state index in [4.69, 9.17) is 4.74 Å². The molecule has 23 heavy (non-hydrogen) atoms. The van der Waals surface area contributed by atoms with E-state index in [0.29, 0.717) is 24.4 Å². The third-order valence-corrected chi connectivity index (χ3v) is 3.88. The first-order chi connectivity index (χ1) is 11.0. The number of piperidine rings is 1. The highest BCUT2D eigenvalue weighted by atomic mass is 16.5. The van der Waals surface area contributed by atoms with Crippen molar-refractivity contribution in [2.45, 2.75) is 38.8 Å². The number of para-hydroxylation sites is 1. The van der Waals surface area contributed by atoms with Crippen molar-refractivity contribution in [3.8, 4) is 5.75 Å². The van der Waals surface area contributed by atoms with E-state index in [-0.39, 0.29) is 24.0 Å². The molecule has 0 unspecified atom stereocenters. The maximum Gasteiger partial charge on any atom is 0.317 e. The number of nitrogens with zero attached hydrogens (tertiary/aromatic N) is 1. The number of carbonyl (C=O) groups excluding carboxylic acids is 2. The lowest BCUT2D eigenvalue weighted by Gasteiger charge is -2.33. The average molecular weight is 319 g/mol. The molecule has 1 aromatic carbocycles. The van der Waals surface area contributed by atoms with Crippen LogP contribution in [0.15, 0.2) is 24.3 Å². The minimum Gasteiger partial charge on any atom is -0.496 e. The highest BCUT2D eigenvalue weighted by molar-refractivity contribution is 5.97. The summed E-state index contributed by atoms with van der Waals surface area (Å²) in [6, 6.07) is 7.35. The van der Waals surface area contributed by atoms with E-state index in [1.165, 1.54) is 0 Å². The lowest BCUT2D eigenvalue weighted by Crippen LogP contribution is -2.50. The molecule has 1 fully saturated rings. The van der Waals surface area contributed by atoms with Crippen molar-refractivity contribution in [3.05, 3.63) is 29.8 Å². The van der Waals surface area contributed by atoms with Crippen molar-refractivity contribution in [3.63, 3.8) is 0 Å². The molecule has 2 N–H and O–H groups in total. The summed E-state index contributed by atoms with van der Waals surface area (Å²) in [5, 5.41) is 5.92. The van der Waals surface area contributed by atoms with Crippen LogP contribution in [0.2, 0.25) is 0 Å². The molecule has 0 radical (unpaired) electrons. The van der Waals surface area contributed by atoms with Gasteiger partial charge in [-0.1, -0.05) is 12.1 Å². The summed E-state index contributed by atoms with van der Waals surface area (Å²) in [5.41, 5.74) is 0.537. The van der Waals surface area contributed by atoms with Crippen molar-refractivity contribution >= 4 is 11.9 Å². The highest BCUT2D eigenvalue weighted by Gasteiger charge is 2.25. The maximum atomic E-state index is 12.4. The van der Waals surface area contributed by atoms with Crippen LogP contribution in [0.3, 0.4) is 0 Å². The number of urea groups is 1. The van der Waals surface area contributed by atoms with Crippen molar-refractivity contribution in [2.75, 3.05) is 20.2 Å². The third kappa shape index (κ3) is 4.61. The molecule has 126 valence electrons. The van der Waals surface area contributed by atoms with Crippen LogP contribution in [0.5, 0.6) is 5.75 Å². The summed E-state index contributed by atoms with van der Waals surface area (Å²) in [5.74, 6) is 0.436.